The van der Waals surface area contributed by atoms with Crippen molar-refractivity contribution >= 4 is 23.1 Å². The second kappa shape index (κ2) is 9.50. The summed E-state index contributed by atoms with van der Waals surface area (Å²) in [5, 5.41) is 2.77. The van der Waals surface area contributed by atoms with E-state index in [9.17, 15) is 4.79 Å². The minimum Gasteiger partial charge on any atom is -0.393 e. The molecule has 0 rings (SSSR count). The normalized spacial score (nSPS) is 10.4. The summed E-state index contributed by atoms with van der Waals surface area (Å²) in [5.74, 6) is 0.00170. The SMILES string of the molecule is CCN(CCC(N)=S)CC(=O)NCCOC. The Balaban J connectivity index is 3.74. The number of carbonyl (C=O) groups is 1. The fourth-order valence-electron chi connectivity index (χ4n) is 1.17. The van der Waals surface area contributed by atoms with Gasteiger partial charge in [0, 0.05) is 26.6 Å². The van der Waals surface area contributed by atoms with E-state index in [4.69, 9.17) is 22.7 Å². The van der Waals surface area contributed by atoms with Crippen LogP contribution in [0.4, 0.5) is 0 Å². The van der Waals surface area contributed by atoms with Crippen molar-refractivity contribution in [2.24, 2.45) is 5.73 Å². The van der Waals surface area contributed by atoms with Gasteiger partial charge >= 0.3 is 0 Å². The molecule has 1 amide bonds. The molecule has 3 N–H and O–H groups in total. The minimum atomic E-state index is 0.00170. The zero-order valence-electron chi connectivity index (χ0n) is 9.99. The molecule has 0 aromatic rings. The summed E-state index contributed by atoms with van der Waals surface area (Å²) in [4.78, 5) is 13.9. The predicted molar refractivity (Wildman–Crippen MR) is 68.4 cm³/mol. The van der Waals surface area contributed by atoms with Crippen LogP contribution in [0.3, 0.4) is 0 Å². The van der Waals surface area contributed by atoms with Crippen molar-refractivity contribution in [2.75, 3.05) is 39.9 Å². The molecule has 0 bridgehead atoms. The molecule has 0 aliphatic rings. The number of carbonyl (C=O) groups excluding carboxylic acids is 1. The molecule has 0 aromatic heterocycles. The van der Waals surface area contributed by atoms with Crippen LogP contribution >= 0.6 is 12.2 Å². The molecule has 0 aliphatic carbocycles. The Morgan fingerprint density at radius 3 is 2.75 bits per heavy atom. The van der Waals surface area contributed by atoms with Crippen LogP contribution in [0, 0.1) is 0 Å². The molecule has 0 atom stereocenters. The zero-order chi connectivity index (χ0) is 12.4. The van der Waals surface area contributed by atoms with Gasteiger partial charge in [-0.25, -0.2) is 0 Å². The smallest absolute Gasteiger partial charge is 0.234 e. The summed E-state index contributed by atoms with van der Waals surface area (Å²) in [6.07, 6.45) is 0.647. The van der Waals surface area contributed by atoms with Gasteiger partial charge in [-0.15, -0.1) is 0 Å². The van der Waals surface area contributed by atoms with Crippen molar-refractivity contribution in [3.63, 3.8) is 0 Å². The minimum absolute atomic E-state index is 0.00170. The highest BCUT2D eigenvalue weighted by Crippen LogP contribution is 1.91. The van der Waals surface area contributed by atoms with E-state index in [2.05, 4.69) is 5.32 Å². The number of likely N-dealkylation sites (N-methyl/N-ethyl adjacent to an activating group) is 1. The highest BCUT2D eigenvalue weighted by atomic mass is 32.1. The van der Waals surface area contributed by atoms with Crippen LogP contribution in [-0.2, 0) is 9.53 Å². The Hall–Kier alpha value is -0.720. The molecule has 0 spiro atoms. The standard InChI is InChI=1S/C10H21N3O2S/c1-3-13(6-4-9(11)16)8-10(14)12-5-7-15-2/h3-8H2,1-2H3,(H2,11,16)(H,12,14). The second-order valence-electron chi connectivity index (χ2n) is 3.43. The third-order valence-electron chi connectivity index (χ3n) is 2.12. The van der Waals surface area contributed by atoms with E-state index in [1.165, 1.54) is 0 Å². The summed E-state index contributed by atoms with van der Waals surface area (Å²) < 4.78 is 4.84. The monoisotopic (exact) mass is 247 g/mol. The molecular weight excluding hydrogens is 226 g/mol. The van der Waals surface area contributed by atoms with Gasteiger partial charge in [-0.1, -0.05) is 19.1 Å². The van der Waals surface area contributed by atoms with Gasteiger partial charge in [0.15, 0.2) is 0 Å². The van der Waals surface area contributed by atoms with Gasteiger partial charge < -0.3 is 15.8 Å². The molecule has 0 saturated carbocycles. The maximum absolute atomic E-state index is 11.5. The summed E-state index contributed by atoms with van der Waals surface area (Å²) >= 11 is 4.80. The van der Waals surface area contributed by atoms with E-state index in [1.807, 2.05) is 11.8 Å². The van der Waals surface area contributed by atoms with Crippen molar-refractivity contribution in [3.8, 4) is 0 Å². The molecule has 16 heavy (non-hydrogen) atoms. The number of nitrogens with one attached hydrogen (secondary N) is 1. The molecule has 0 unspecified atom stereocenters. The first-order valence-electron chi connectivity index (χ1n) is 5.36. The van der Waals surface area contributed by atoms with Crippen LogP contribution in [0.25, 0.3) is 0 Å². The number of ether oxygens (including phenoxy) is 1. The van der Waals surface area contributed by atoms with E-state index in [0.29, 0.717) is 31.1 Å². The number of thiocarbonyl (C=S) groups is 1. The topological polar surface area (TPSA) is 67.6 Å². The molecule has 0 radical (unpaired) electrons. The third-order valence-corrected chi connectivity index (χ3v) is 2.32. The lowest BCUT2D eigenvalue weighted by Gasteiger charge is -2.19. The van der Waals surface area contributed by atoms with Crippen LogP contribution in [-0.4, -0.2) is 55.7 Å². The first kappa shape index (κ1) is 15.3. The van der Waals surface area contributed by atoms with Crippen molar-refractivity contribution in [1.82, 2.24) is 10.2 Å². The zero-order valence-corrected chi connectivity index (χ0v) is 10.8. The second-order valence-corrected chi connectivity index (χ2v) is 3.95. The summed E-state index contributed by atoms with van der Waals surface area (Å²) in [7, 11) is 1.60. The Morgan fingerprint density at radius 2 is 2.25 bits per heavy atom. The predicted octanol–water partition coefficient (Wildman–Crippen LogP) is -0.253. The largest absolute Gasteiger partial charge is 0.393 e. The summed E-state index contributed by atoms with van der Waals surface area (Å²) in [5.41, 5.74) is 5.41. The van der Waals surface area contributed by atoms with E-state index in [-0.39, 0.29) is 5.91 Å². The lowest BCUT2D eigenvalue weighted by Crippen LogP contribution is -2.39. The van der Waals surface area contributed by atoms with Gasteiger partial charge in [0.25, 0.3) is 0 Å². The summed E-state index contributed by atoms with van der Waals surface area (Å²) in [6, 6.07) is 0. The van der Waals surface area contributed by atoms with Crippen molar-refractivity contribution in [1.29, 1.82) is 0 Å². The van der Waals surface area contributed by atoms with E-state index in [0.717, 1.165) is 13.1 Å². The van der Waals surface area contributed by atoms with Crippen molar-refractivity contribution in [2.45, 2.75) is 13.3 Å². The number of hydrogen-bond acceptors (Lipinski definition) is 4. The van der Waals surface area contributed by atoms with Crippen molar-refractivity contribution in [3.05, 3.63) is 0 Å². The molecule has 0 heterocycles. The quantitative estimate of drug-likeness (QED) is 0.434. The Morgan fingerprint density at radius 1 is 1.56 bits per heavy atom. The molecule has 0 fully saturated rings. The molecule has 0 saturated heterocycles. The van der Waals surface area contributed by atoms with Gasteiger partial charge in [0.2, 0.25) is 5.91 Å². The van der Waals surface area contributed by atoms with Crippen LogP contribution in [0.2, 0.25) is 0 Å². The number of nitrogens with two attached hydrogens (primary N) is 1. The van der Waals surface area contributed by atoms with Crippen LogP contribution in [0.15, 0.2) is 0 Å². The van der Waals surface area contributed by atoms with Crippen LogP contribution in [0.5, 0.6) is 0 Å². The van der Waals surface area contributed by atoms with Gasteiger partial charge in [-0.3, -0.25) is 9.69 Å². The number of nitrogens with zero attached hydrogens (tertiary/aromatic N) is 1. The average molecular weight is 247 g/mol. The number of rotatable bonds is 9. The van der Waals surface area contributed by atoms with Gasteiger partial charge in [-0.2, -0.15) is 0 Å². The molecule has 6 heteroatoms. The third kappa shape index (κ3) is 8.58. The Kier molecular flexibility index (Phi) is 9.07. The van der Waals surface area contributed by atoms with E-state index < -0.39 is 0 Å². The Labute approximate surface area is 102 Å². The van der Waals surface area contributed by atoms with E-state index in [1.54, 1.807) is 7.11 Å². The van der Waals surface area contributed by atoms with Crippen LogP contribution < -0.4 is 11.1 Å². The average Bonchev–Trinajstić information content (AvgIpc) is 2.24. The first-order valence-corrected chi connectivity index (χ1v) is 5.77. The molecule has 0 aromatic carbocycles. The van der Waals surface area contributed by atoms with Gasteiger partial charge in [0.05, 0.1) is 18.1 Å². The highest BCUT2D eigenvalue weighted by Gasteiger charge is 2.08. The van der Waals surface area contributed by atoms with Gasteiger partial charge in [0.1, 0.15) is 0 Å². The molecule has 0 aliphatic heterocycles. The van der Waals surface area contributed by atoms with Crippen molar-refractivity contribution < 1.29 is 9.53 Å². The molecule has 94 valence electrons. The number of methoxy groups -OCH3 is 1. The molecular formula is C10H21N3O2S. The maximum atomic E-state index is 11.5. The fraction of sp³-hybridized carbons (Fsp3) is 0.800. The first-order chi connectivity index (χ1) is 7.60. The number of hydrogen-bond donors (Lipinski definition) is 2. The highest BCUT2D eigenvalue weighted by molar-refractivity contribution is 7.80. The van der Waals surface area contributed by atoms with Crippen LogP contribution in [0.1, 0.15) is 13.3 Å². The fourth-order valence-corrected chi connectivity index (χ4v) is 1.26. The lowest BCUT2D eigenvalue weighted by molar-refractivity contribution is -0.122. The van der Waals surface area contributed by atoms with E-state index >= 15 is 0 Å². The number of amides is 1. The van der Waals surface area contributed by atoms with Gasteiger partial charge in [-0.05, 0) is 6.54 Å². The Bertz CT molecular complexity index is 224. The maximum Gasteiger partial charge on any atom is 0.234 e. The molecule has 5 nitrogen and oxygen atoms in total. The summed E-state index contributed by atoms with van der Waals surface area (Å²) in [6.45, 7) is 4.99. The lowest BCUT2D eigenvalue weighted by atomic mass is 10.3.